The Morgan fingerprint density at radius 2 is 1.62 bits per heavy atom. The lowest BCUT2D eigenvalue weighted by Crippen LogP contribution is -2.76. The van der Waals surface area contributed by atoms with Gasteiger partial charge >= 0.3 is 0 Å². The standard InChI is InChI=1S/C27H31Cl3N4O4S/c1-16(2)32-15-25-33(39(37,38)24-10-9-20(29)12-21(24)30)14-22(31-13-18-3-4-18)26(35)34(25)23(27(32)36)11-17-5-7-19(28)8-6-17/h5-10,12,16,18,22-23,25,31H,3-4,11,13-15H2,1-2H3. The van der Waals surface area contributed by atoms with Crippen molar-refractivity contribution in [2.45, 2.75) is 62.3 Å². The predicted octanol–water partition coefficient (Wildman–Crippen LogP) is 4.04. The molecule has 3 atom stereocenters. The molecule has 3 unspecified atom stereocenters. The number of piperazine rings is 1. The maximum absolute atomic E-state index is 14.2. The molecular formula is C27H31Cl3N4O4S. The minimum Gasteiger partial charge on any atom is -0.335 e. The molecule has 39 heavy (non-hydrogen) atoms. The van der Waals surface area contributed by atoms with Crippen LogP contribution in [0.3, 0.4) is 0 Å². The van der Waals surface area contributed by atoms with Crippen molar-refractivity contribution in [2.75, 3.05) is 19.6 Å². The molecule has 0 radical (unpaired) electrons. The second-order valence-corrected chi connectivity index (χ2v) is 13.8. The average molecular weight is 614 g/mol. The van der Waals surface area contributed by atoms with Crippen LogP contribution in [0.1, 0.15) is 32.3 Å². The molecule has 3 fully saturated rings. The van der Waals surface area contributed by atoms with Gasteiger partial charge in [0, 0.05) is 29.1 Å². The molecule has 2 heterocycles. The molecule has 2 aliphatic heterocycles. The highest BCUT2D eigenvalue weighted by Crippen LogP contribution is 2.35. The van der Waals surface area contributed by atoms with Crippen LogP contribution in [0.5, 0.6) is 0 Å². The van der Waals surface area contributed by atoms with E-state index in [4.69, 9.17) is 34.8 Å². The SMILES string of the molecule is CC(C)N1CC2N(C(=O)C(NCC3CC3)CN2S(=O)(=O)c2ccc(Cl)cc2Cl)C(Cc2ccc(Cl)cc2)C1=O. The molecule has 0 spiro atoms. The normalized spacial score (nSPS) is 24.4. The number of hydrogen-bond acceptors (Lipinski definition) is 5. The fraction of sp³-hybridized carbons (Fsp3) is 0.481. The fourth-order valence-corrected chi connectivity index (χ4v) is 7.77. The van der Waals surface area contributed by atoms with Crippen molar-refractivity contribution in [3.05, 3.63) is 63.1 Å². The number of carbonyl (C=O) groups is 2. The summed E-state index contributed by atoms with van der Waals surface area (Å²) in [6.07, 6.45) is 1.48. The van der Waals surface area contributed by atoms with E-state index in [1.807, 2.05) is 26.0 Å². The Morgan fingerprint density at radius 3 is 2.23 bits per heavy atom. The molecule has 5 rings (SSSR count). The van der Waals surface area contributed by atoms with Crippen molar-refractivity contribution in [1.29, 1.82) is 0 Å². The highest BCUT2D eigenvalue weighted by atomic mass is 35.5. The van der Waals surface area contributed by atoms with Crippen molar-refractivity contribution in [1.82, 2.24) is 19.4 Å². The Balaban J connectivity index is 1.58. The third-order valence-corrected chi connectivity index (χ3v) is 10.5. The quantitative estimate of drug-likeness (QED) is 0.486. The third-order valence-electron chi connectivity index (χ3n) is 7.63. The molecule has 2 aromatic carbocycles. The summed E-state index contributed by atoms with van der Waals surface area (Å²) < 4.78 is 29.6. The van der Waals surface area contributed by atoms with E-state index in [0.717, 1.165) is 18.4 Å². The van der Waals surface area contributed by atoms with Crippen molar-refractivity contribution >= 4 is 56.6 Å². The molecular weight excluding hydrogens is 583 g/mol. The van der Waals surface area contributed by atoms with Crippen LogP contribution < -0.4 is 5.32 Å². The van der Waals surface area contributed by atoms with Gasteiger partial charge in [0.2, 0.25) is 21.8 Å². The number of nitrogens with zero attached hydrogens (tertiary/aromatic N) is 3. The van der Waals surface area contributed by atoms with E-state index in [1.54, 1.807) is 17.0 Å². The number of nitrogens with one attached hydrogen (secondary N) is 1. The van der Waals surface area contributed by atoms with Crippen LogP contribution in [-0.4, -0.2) is 78.3 Å². The molecule has 8 nitrogen and oxygen atoms in total. The lowest BCUT2D eigenvalue weighted by atomic mass is 9.96. The van der Waals surface area contributed by atoms with Gasteiger partial charge in [-0.1, -0.05) is 46.9 Å². The Morgan fingerprint density at radius 1 is 0.949 bits per heavy atom. The van der Waals surface area contributed by atoms with Gasteiger partial charge < -0.3 is 15.1 Å². The van der Waals surface area contributed by atoms with Gasteiger partial charge in [0.15, 0.2) is 0 Å². The molecule has 0 aromatic heterocycles. The summed E-state index contributed by atoms with van der Waals surface area (Å²) in [4.78, 5) is 30.9. The Kier molecular flexibility index (Phi) is 8.21. The first-order valence-electron chi connectivity index (χ1n) is 13.0. The number of hydrogen-bond donors (Lipinski definition) is 1. The molecule has 1 N–H and O–H groups in total. The van der Waals surface area contributed by atoms with Gasteiger partial charge in [0.1, 0.15) is 23.1 Å². The number of halogens is 3. The molecule has 12 heteroatoms. The lowest BCUT2D eigenvalue weighted by Gasteiger charge is -2.54. The average Bonchev–Trinajstić information content (AvgIpc) is 3.70. The Hall–Kier alpha value is -1.88. The lowest BCUT2D eigenvalue weighted by molar-refractivity contribution is -0.168. The predicted molar refractivity (Wildman–Crippen MR) is 151 cm³/mol. The van der Waals surface area contributed by atoms with E-state index in [9.17, 15) is 18.0 Å². The number of benzene rings is 2. The number of carbonyl (C=O) groups excluding carboxylic acids is 2. The third kappa shape index (κ3) is 5.80. The zero-order chi connectivity index (χ0) is 28.1. The van der Waals surface area contributed by atoms with Crippen LogP contribution in [0.15, 0.2) is 47.4 Å². The zero-order valence-electron chi connectivity index (χ0n) is 21.7. The summed E-state index contributed by atoms with van der Waals surface area (Å²) >= 11 is 18.5. The van der Waals surface area contributed by atoms with Crippen LogP contribution in [0.2, 0.25) is 15.1 Å². The summed E-state index contributed by atoms with van der Waals surface area (Å²) in [5, 5.41) is 4.17. The molecule has 2 amide bonds. The van der Waals surface area contributed by atoms with E-state index < -0.39 is 28.3 Å². The van der Waals surface area contributed by atoms with Crippen molar-refractivity contribution in [2.24, 2.45) is 5.92 Å². The minimum atomic E-state index is -4.17. The van der Waals surface area contributed by atoms with E-state index in [-0.39, 0.29) is 47.3 Å². The summed E-state index contributed by atoms with van der Waals surface area (Å²) in [7, 11) is -4.17. The first kappa shape index (κ1) is 28.6. The topological polar surface area (TPSA) is 90.0 Å². The summed E-state index contributed by atoms with van der Waals surface area (Å²) in [5.74, 6) is -0.0186. The van der Waals surface area contributed by atoms with Gasteiger partial charge in [0.05, 0.1) is 11.6 Å². The van der Waals surface area contributed by atoms with E-state index in [2.05, 4.69) is 5.32 Å². The highest BCUT2D eigenvalue weighted by Gasteiger charge is 2.54. The number of rotatable bonds is 8. The zero-order valence-corrected chi connectivity index (χ0v) is 24.8. The van der Waals surface area contributed by atoms with Crippen molar-refractivity contribution in [3.63, 3.8) is 0 Å². The Bertz CT molecular complexity index is 1370. The van der Waals surface area contributed by atoms with E-state index >= 15 is 0 Å². The molecule has 1 aliphatic carbocycles. The van der Waals surface area contributed by atoms with Crippen molar-refractivity contribution < 1.29 is 18.0 Å². The van der Waals surface area contributed by atoms with Gasteiger partial charge in [-0.15, -0.1) is 0 Å². The highest BCUT2D eigenvalue weighted by molar-refractivity contribution is 7.89. The summed E-state index contributed by atoms with van der Waals surface area (Å²) in [6.45, 7) is 4.36. The van der Waals surface area contributed by atoms with Gasteiger partial charge in [-0.2, -0.15) is 4.31 Å². The largest absolute Gasteiger partial charge is 0.335 e. The number of amides is 2. The van der Waals surface area contributed by atoms with Gasteiger partial charge in [-0.05, 0) is 75.0 Å². The van der Waals surface area contributed by atoms with Gasteiger partial charge in [0.25, 0.3) is 0 Å². The summed E-state index contributed by atoms with van der Waals surface area (Å²) in [5.41, 5.74) is 0.818. The minimum absolute atomic E-state index is 0.00115. The monoisotopic (exact) mass is 612 g/mol. The van der Waals surface area contributed by atoms with Crippen molar-refractivity contribution in [3.8, 4) is 0 Å². The first-order valence-corrected chi connectivity index (χ1v) is 15.6. The smallest absolute Gasteiger partial charge is 0.246 e. The molecule has 0 bridgehead atoms. The van der Waals surface area contributed by atoms with Crippen LogP contribution in [0, 0.1) is 5.92 Å². The number of sulfonamides is 1. The number of fused-ring (bicyclic) bond motifs is 1. The summed E-state index contributed by atoms with van der Waals surface area (Å²) in [6, 6.07) is 9.47. The molecule has 3 aliphatic rings. The van der Waals surface area contributed by atoms with Crippen LogP contribution in [0.25, 0.3) is 0 Å². The molecule has 2 saturated heterocycles. The second kappa shape index (κ2) is 11.2. The van der Waals surface area contributed by atoms with Crippen LogP contribution in [0.4, 0.5) is 0 Å². The molecule has 2 aromatic rings. The maximum Gasteiger partial charge on any atom is 0.246 e. The molecule has 210 valence electrons. The molecule has 1 saturated carbocycles. The first-order chi connectivity index (χ1) is 18.5. The van der Waals surface area contributed by atoms with E-state index in [0.29, 0.717) is 22.5 Å². The second-order valence-electron chi connectivity index (χ2n) is 10.7. The van der Waals surface area contributed by atoms with Gasteiger partial charge in [-0.25, -0.2) is 8.42 Å². The van der Waals surface area contributed by atoms with E-state index in [1.165, 1.54) is 27.4 Å². The van der Waals surface area contributed by atoms with Crippen LogP contribution >= 0.6 is 34.8 Å². The maximum atomic E-state index is 14.2. The fourth-order valence-electron chi connectivity index (χ4n) is 5.31. The Labute approximate surface area is 244 Å². The van der Waals surface area contributed by atoms with Crippen LogP contribution in [-0.2, 0) is 26.0 Å². The van der Waals surface area contributed by atoms with Gasteiger partial charge in [-0.3, -0.25) is 9.59 Å².